The minimum Gasteiger partial charge on any atom is -0.487 e. The topological polar surface area (TPSA) is 63.2 Å². The molecule has 0 fully saturated rings. The quantitative estimate of drug-likeness (QED) is 0.779. The van der Waals surface area contributed by atoms with Crippen molar-refractivity contribution in [2.24, 2.45) is 0 Å². The summed E-state index contributed by atoms with van der Waals surface area (Å²) in [6.45, 7) is 7.33. The molecule has 0 unspecified atom stereocenters. The van der Waals surface area contributed by atoms with E-state index in [1.165, 1.54) is 0 Å². The Morgan fingerprint density at radius 2 is 2.04 bits per heavy atom. The fourth-order valence-electron chi connectivity index (χ4n) is 2.03. The van der Waals surface area contributed by atoms with Crippen LogP contribution in [-0.2, 0) is 17.9 Å². The molecule has 0 atom stereocenters. The fraction of sp³-hybridized carbons (Fsp3) is 0.412. The van der Waals surface area contributed by atoms with Crippen LogP contribution in [0.2, 0.25) is 0 Å². The number of aryl methyl sites for hydroxylation is 1. The highest BCUT2D eigenvalue weighted by Gasteiger charge is 2.03. The summed E-state index contributed by atoms with van der Waals surface area (Å²) in [5, 5.41) is 9.03. The number of hydrogen-bond acceptors (Lipinski definition) is 5. The van der Waals surface area contributed by atoms with Crippen LogP contribution >= 0.6 is 11.3 Å². The van der Waals surface area contributed by atoms with Gasteiger partial charge in [-0.2, -0.15) is 0 Å². The second-order valence-electron chi connectivity index (χ2n) is 5.62. The molecular weight excluding hydrogens is 310 g/mol. The highest BCUT2D eigenvalue weighted by atomic mass is 32.1. The zero-order chi connectivity index (χ0) is 16.7. The molecule has 0 aliphatic rings. The van der Waals surface area contributed by atoms with Gasteiger partial charge in [-0.1, -0.05) is 12.1 Å². The lowest BCUT2D eigenvalue weighted by atomic mass is 10.2. The third kappa shape index (κ3) is 6.38. The average molecular weight is 333 g/mol. The van der Waals surface area contributed by atoms with Crippen molar-refractivity contribution in [3.05, 3.63) is 45.9 Å². The van der Waals surface area contributed by atoms with Gasteiger partial charge < -0.3 is 15.4 Å². The van der Waals surface area contributed by atoms with E-state index in [0.717, 1.165) is 22.0 Å². The molecule has 23 heavy (non-hydrogen) atoms. The molecule has 0 aliphatic carbocycles. The van der Waals surface area contributed by atoms with Gasteiger partial charge >= 0.3 is 0 Å². The molecule has 0 saturated carbocycles. The van der Waals surface area contributed by atoms with E-state index in [1.54, 1.807) is 11.3 Å². The number of aromatic nitrogens is 1. The molecule has 2 rings (SSSR count). The maximum Gasteiger partial charge on any atom is 0.234 e. The SMILES string of the molecule is Cc1nc(COc2ccc(CNCC(=O)NC(C)C)cc2)cs1. The van der Waals surface area contributed by atoms with E-state index in [2.05, 4.69) is 15.6 Å². The van der Waals surface area contributed by atoms with Crippen molar-refractivity contribution in [1.82, 2.24) is 15.6 Å². The maximum atomic E-state index is 11.5. The van der Waals surface area contributed by atoms with Gasteiger partial charge in [-0.05, 0) is 38.5 Å². The first-order valence-electron chi connectivity index (χ1n) is 7.66. The van der Waals surface area contributed by atoms with Crippen LogP contribution in [0.4, 0.5) is 0 Å². The van der Waals surface area contributed by atoms with Crippen LogP contribution in [0.25, 0.3) is 0 Å². The summed E-state index contributed by atoms with van der Waals surface area (Å²) in [6, 6.07) is 8.03. The molecule has 2 N–H and O–H groups in total. The van der Waals surface area contributed by atoms with E-state index in [1.807, 2.05) is 50.4 Å². The second-order valence-corrected chi connectivity index (χ2v) is 6.68. The molecule has 1 aromatic carbocycles. The number of nitrogens with one attached hydrogen (secondary N) is 2. The molecule has 0 spiro atoms. The Labute approximate surface area is 141 Å². The van der Waals surface area contributed by atoms with Gasteiger partial charge in [0.05, 0.1) is 17.2 Å². The van der Waals surface area contributed by atoms with Gasteiger partial charge in [0.15, 0.2) is 0 Å². The van der Waals surface area contributed by atoms with E-state index in [-0.39, 0.29) is 11.9 Å². The molecular formula is C17H23N3O2S. The number of carbonyl (C=O) groups is 1. The number of rotatable bonds is 8. The van der Waals surface area contributed by atoms with Crippen molar-refractivity contribution in [1.29, 1.82) is 0 Å². The van der Waals surface area contributed by atoms with Gasteiger partial charge in [0.2, 0.25) is 5.91 Å². The third-order valence-corrected chi connectivity index (χ3v) is 3.86. The van der Waals surface area contributed by atoms with E-state index in [0.29, 0.717) is 19.7 Å². The Kier molecular flexibility index (Phi) is 6.55. The van der Waals surface area contributed by atoms with Crippen molar-refractivity contribution in [2.75, 3.05) is 6.54 Å². The van der Waals surface area contributed by atoms with Gasteiger partial charge in [0, 0.05) is 18.0 Å². The summed E-state index contributed by atoms with van der Waals surface area (Å²) in [5.41, 5.74) is 2.06. The average Bonchev–Trinajstić information content (AvgIpc) is 2.91. The fourth-order valence-corrected chi connectivity index (χ4v) is 2.63. The first kappa shape index (κ1) is 17.4. The molecule has 124 valence electrons. The summed E-state index contributed by atoms with van der Waals surface area (Å²) in [4.78, 5) is 15.9. The predicted octanol–water partition coefficient (Wildman–Crippen LogP) is 2.64. The highest BCUT2D eigenvalue weighted by Crippen LogP contribution is 2.15. The number of carbonyl (C=O) groups excluding carboxylic acids is 1. The van der Waals surface area contributed by atoms with Crippen molar-refractivity contribution >= 4 is 17.2 Å². The Morgan fingerprint density at radius 1 is 1.30 bits per heavy atom. The molecule has 0 aliphatic heterocycles. The molecule has 1 amide bonds. The van der Waals surface area contributed by atoms with Crippen molar-refractivity contribution in [2.45, 2.75) is 40.0 Å². The Bertz CT molecular complexity index is 623. The molecule has 0 bridgehead atoms. The minimum absolute atomic E-state index is 0.0125. The van der Waals surface area contributed by atoms with E-state index < -0.39 is 0 Å². The Balaban J connectivity index is 1.72. The van der Waals surface area contributed by atoms with Gasteiger partial charge in [0.1, 0.15) is 12.4 Å². The number of nitrogens with zero attached hydrogens (tertiary/aromatic N) is 1. The summed E-state index contributed by atoms with van der Waals surface area (Å²) in [6.07, 6.45) is 0. The zero-order valence-electron chi connectivity index (χ0n) is 13.8. The number of hydrogen-bond donors (Lipinski definition) is 2. The summed E-state index contributed by atoms with van der Waals surface area (Å²) in [7, 11) is 0. The normalized spacial score (nSPS) is 10.8. The molecule has 2 aromatic rings. The standard InChI is InChI=1S/C17H23N3O2S/c1-12(2)19-17(21)9-18-8-14-4-6-16(7-5-14)22-10-15-11-23-13(3)20-15/h4-7,11-12,18H,8-10H2,1-3H3,(H,19,21). The van der Waals surface area contributed by atoms with Crippen LogP contribution in [-0.4, -0.2) is 23.5 Å². The van der Waals surface area contributed by atoms with Crippen LogP contribution in [0.3, 0.4) is 0 Å². The van der Waals surface area contributed by atoms with Gasteiger partial charge in [-0.15, -0.1) is 11.3 Å². The van der Waals surface area contributed by atoms with Crippen LogP contribution in [0.15, 0.2) is 29.6 Å². The number of amides is 1. The third-order valence-electron chi connectivity index (χ3n) is 3.04. The maximum absolute atomic E-state index is 11.5. The number of ether oxygens (including phenoxy) is 1. The van der Waals surface area contributed by atoms with Gasteiger partial charge in [-0.25, -0.2) is 4.98 Å². The van der Waals surface area contributed by atoms with Crippen LogP contribution < -0.4 is 15.4 Å². The van der Waals surface area contributed by atoms with E-state index >= 15 is 0 Å². The first-order chi connectivity index (χ1) is 11.0. The lowest BCUT2D eigenvalue weighted by Crippen LogP contribution is -2.37. The van der Waals surface area contributed by atoms with Crippen molar-refractivity contribution < 1.29 is 9.53 Å². The van der Waals surface area contributed by atoms with Crippen molar-refractivity contribution in [3.8, 4) is 5.75 Å². The second kappa shape index (κ2) is 8.64. The largest absolute Gasteiger partial charge is 0.487 e. The first-order valence-corrected chi connectivity index (χ1v) is 8.53. The van der Waals surface area contributed by atoms with Crippen molar-refractivity contribution in [3.63, 3.8) is 0 Å². The Hall–Kier alpha value is -1.92. The zero-order valence-corrected chi connectivity index (χ0v) is 14.6. The molecule has 5 nitrogen and oxygen atoms in total. The molecule has 1 heterocycles. The minimum atomic E-state index is 0.0125. The van der Waals surface area contributed by atoms with Crippen LogP contribution in [0.1, 0.15) is 30.1 Å². The summed E-state index contributed by atoms with van der Waals surface area (Å²) < 4.78 is 5.71. The Morgan fingerprint density at radius 3 is 2.65 bits per heavy atom. The summed E-state index contributed by atoms with van der Waals surface area (Å²) in [5.74, 6) is 0.829. The highest BCUT2D eigenvalue weighted by molar-refractivity contribution is 7.09. The smallest absolute Gasteiger partial charge is 0.234 e. The van der Waals surface area contributed by atoms with E-state index in [4.69, 9.17) is 4.74 Å². The molecule has 1 aromatic heterocycles. The number of thiazole rings is 1. The van der Waals surface area contributed by atoms with Gasteiger partial charge in [0.25, 0.3) is 0 Å². The molecule has 0 radical (unpaired) electrons. The van der Waals surface area contributed by atoms with Crippen LogP contribution in [0, 0.1) is 6.92 Å². The van der Waals surface area contributed by atoms with Gasteiger partial charge in [-0.3, -0.25) is 4.79 Å². The molecule has 6 heteroatoms. The monoisotopic (exact) mass is 333 g/mol. The van der Waals surface area contributed by atoms with Crippen LogP contribution in [0.5, 0.6) is 5.75 Å². The summed E-state index contributed by atoms with van der Waals surface area (Å²) >= 11 is 1.62. The molecule has 0 saturated heterocycles. The lowest BCUT2D eigenvalue weighted by molar-refractivity contribution is -0.120. The van der Waals surface area contributed by atoms with E-state index in [9.17, 15) is 4.79 Å². The lowest BCUT2D eigenvalue weighted by Gasteiger charge is -2.09. The predicted molar refractivity (Wildman–Crippen MR) is 92.6 cm³/mol. The number of benzene rings is 1.